The van der Waals surface area contributed by atoms with Crippen LogP contribution in [0.4, 0.5) is 0 Å². The van der Waals surface area contributed by atoms with E-state index in [1.54, 1.807) is 18.2 Å². The highest BCUT2D eigenvalue weighted by atomic mass is 16.5. The molecule has 8 nitrogen and oxygen atoms in total. The maximum absolute atomic E-state index is 11.7. The van der Waals surface area contributed by atoms with Gasteiger partial charge in [0.2, 0.25) is 0 Å². The Morgan fingerprint density at radius 2 is 1.39 bits per heavy atom. The maximum Gasteiger partial charge on any atom is 0.308 e. The van der Waals surface area contributed by atoms with E-state index in [4.69, 9.17) is 18.9 Å². The van der Waals surface area contributed by atoms with Crippen LogP contribution in [0.5, 0.6) is 23.0 Å². The third kappa shape index (κ3) is 7.82. The molecule has 0 radical (unpaired) electrons. The molecule has 0 aliphatic heterocycles. The van der Waals surface area contributed by atoms with Gasteiger partial charge in [0, 0.05) is 44.0 Å². The van der Waals surface area contributed by atoms with Crippen molar-refractivity contribution >= 4 is 24.0 Å². The lowest BCUT2D eigenvalue weighted by atomic mass is 10.1. The van der Waals surface area contributed by atoms with Crippen LogP contribution >= 0.6 is 0 Å². The highest BCUT2D eigenvalue weighted by molar-refractivity contribution is 5.74. The third-order valence-corrected chi connectivity index (χ3v) is 4.76. The van der Waals surface area contributed by atoms with E-state index in [0.717, 1.165) is 5.56 Å². The van der Waals surface area contributed by atoms with Gasteiger partial charge in [0.05, 0.1) is 0 Å². The van der Waals surface area contributed by atoms with Crippen LogP contribution in [0.25, 0.3) is 6.08 Å². The van der Waals surface area contributed by atoms with Crippen molar-refractivity contribution in [2.24, 2.45) is 0 Å². The lowest BCUT2D eigenvalue weighted by Gasteiger charge is -2.15. The first-order chi connectivity index (χ1) is 17.2. The van der Waals surface area contributed by atoms with Crippen molar-refractivity contribution in [3.8, 4) is 23.0 Å². The average Bonchev–Trinajstić information content (AvgIpc) is 2.82. The Morgan fingerprint density at radius 3 is 2.06 bits per heavy atom. The molecule has 0 bridgehead atoms. The molecule has 1 atom stereocenters. The fraction of sp³-hybridized carbons (Fsp3) is 0.179. The molecule has 1 unspecified atom stereocenters. The molecule has 0 amide bonds. The van der Waals surface area contributed by atoms with Gasteiger partial charge in [-0.1, -0.05) is 42.5 Å². The molecule has 186 valence electrons. The third-order valence-electron chi connectivity index (χ3n) is 4.76. The summed E-state index contributed by atoms with van der Waals surface area (Å²) in [7, 11) is 0. The van der Waals surface area contributed by atoms with Crippen molar-refractivity contribution in [3.05, 3.63) is 89.5 Å². The number of hydrogen-bond donors (Lipinski definition) is 1. The topological polar surface area (TPSA) is 108 Å². The Balaban J connectivity index is 1.83. The first kappa shape index (κ1) is 26.2. The first-order valence-electron chi connectivity index (χ1n) is 11.1. The fourth-order valence-electron chi connectivity index (χ4n) is 3.26. The summed E-state index contributed by atoms with van der Waals surface area (Å²) in [4.78, 5) is 34.4. The molecule has 3 aromatic carbocycles. The molecule has 0 saturated heterocycles. The van der Waals surface area contributed by atoms with Crippen molar-refractivity contribution < 1.29 is 38.4 Å². The molecule has 1 N–H and O–H groups in total. The Morgan fingerprint density at radius 1 is 0.778 bits per heavy atom. The summed E-state index contributed by atoms with van der Waals surface area (Å²) in [6.07, 6.45) is 1.82. The molecule has 0 aromatic heterocycles. The number of benzene rings is 3. The minimum absolute atomic E-state index is 0.148. The number of aliphatic hydroxyl groups is 1. The van der Waals surface area contributed by atoms with E-state index in [2.05, 4.69) is 0 Å². The number of esters is 3. The molecule has 0 spiro atoms. The Labute approximate surface area is 208 Å². The molecule has 36 heavy (non-hydrogen) atoms. The van der Waals surface area contributed by atoms with Gasteiger partial charge in [0.1, 0.15) is 35.7 Å². The second-order valence-corrected chi connectivity index (χ2v) is 7.76. The van der Waals surface area contributed by atoms with Crippen LogP contribution in [0.15, 0.2) is 72.8 Å². The van der Waals surface area contributed by atoms with Gasteiger partial charge < -0.3 is 24.1 Å². The number of hydrogen-bond acceptors (Lipinski definition) is 8. The monoisotopic (exact) mass is 490 g/mol. The van der Waals surface area contributed by atoms with Crippen molar-refractivity contribution in [1.29, 1.82) is 0 Å². The second kappa shape index (κ2) is 12.3. The number of carbonyl (C=O) groups excluding carboxylic acids is 3. The van der Waals surface area contributed by atoms with Gasteiger partial charge in [0.25, 0.3) is 0 Å². The molecule has 0 saturated carbocycles. The summed E-state index contributed by atoms with van der Waals surface area (Å²) in [5.41, 5.74) is 1.76. The summed E-state index contributed by atoms with van der Waals surface area (Å²) in [6.45, 7) is 4.09. The molecule has 3 aromatic rings. The highest BCUT2D eigenvalue weighted by Crippen LogP contribution is 2.33. The maximum atomic E-state index is 11.7. The standard InChI is InChI=1S/C28H26O8/c1-18(29)34-24-11-9-22(27(16-24)35-19(2)30)10-14-26(32)25-13-12-23(15-28(25)36-20(3)31)33-17-21-7-5-4-6-8-21/h4-16,26,32H,17H2,1-3H3. The van der Waals surface area contributed by atoms with Crippen LogP contribution in [-0.2, 0) is 21.0 Å². The minimum atomic E-state index is -1.17. The van der Waals surface area contributed by atoms with Gasteiger partial charge >= 0.3 is 17.9 Å². The Kier molecular flexibility index (Phi) is 8.96. The zero-order valence-corrected chi connectivity index (χ0v) is 20.1. The van der Waals surface area contributed by atoms with Crippen molar-refractivity contribution in [1.82, 2.24) is 0 Å². The smallest absolute Gasteiger partial charge is 0.308 e. The molecule has 0 fully saturated rings. The molecular weight excluding hydrogens is 464 g/mol. The van der Waals surface area contributed by atoms with Crippen molar-refractivity contribution in [3.63, 3.8) is 0 Å². The van der Waals surface area contributed by atoms with E-state index in [1.807, 2.05) is 30.3 Å². The quantitative estimate of drug-likeness (QED) is 0.337. The molecule has 0 heterocycles. The summed E-state index contributed by atoms with van der Waals surface area (Å²) in [6, 6.07) is 18.9. The van der Waals surface area contributed by atoms with Gasteiger partial charge in [-0.3, -0.25) is 14.4 Å². The number of carbonyl (C=O) groups is 3. The summed E-state index contributed by atoms with van der Waals surface area (Å²) >= 11 is 0. The van der Waals surface area contributed by atoms with E-state index < -0.39 is 24.0 Å². The average molecular weight is 491 g/mol. The van der Waals surface area contributed by atoms with E-state index >= 15 is 0 Å². The molecule has 3 rings (SSSR count). The van der Waals surface area contributed by atoms with Gasteiger partial charge in [-0.25, -0.2) is 0 Å². The largest absolute Gasteiger partial charge is 0.489 e. The fourth-order valence-corrected chi connectivity index (χ4v) is 3.26. The summed E-state index contributed by atoms with van der Waals surface area (Å²) in [5.74, 6) is -0.658. The minimum Gasteiger partial charge on any atom is -0.489 e. The van der Waals surface area contributed by atoms with Gasteiger partial charge in [-0.05, 0) is 29.8 Å². The van der Waals surface area contributed by atoms with E-state index in [9.17, 15) is 19.5 Å². The van der Waals surface area contributed by atoms with Crippen molar-refractivity contribution in [2.45, 2.75) is 33.5 Å². The van der Waals surface area contributed by atoms with Crippen LogP contribution in [0.3, 0.4) is 0 Å². The molecule has 8 heteroatoms. The molecule has 0 aliphatic carbocycles. The van der Waals surface area contributed by atoms with Gasteiger partial charge in [-0.2, -0.15) is 0 Å². The molecular formula is C28H26O8. The Hall–Kier alpha value is -4.43. The van der Waals surface area contributed by atoms with Crippen LogP contribution < -0.4 is 18.9 Å². The number of rotatable bonds is 9. The van der Waals surface area contributed by atoms with E-state index in [-0.39, 0.29) is 17.2 Å². The normalized spacial score (nSPS) is 11.6. The van der Waals surface area contributed by atoms with Gasteiger partial charge in [-0.15, -0.1) is 0 Å². The zero-order chi connectivity index (χ0) is 26.1. The van der Waals surface area contributed by atoms with E-state index in [0.29, 0.717) is 23.5 Å². The number of ether oxygens (including phenoxy) is 4. The summed E-state index contributed by atoms with van der Waals surface area (Å²) < 4.78 is 21.4. The second-order valence-electron chi connectivity index (χ2n) is 7.76. The van der Waals surface area contributed by atoms with Crippen molar-refractivity contribution in [2.75, 3.05) is 0 Å². The lowest BCUT2D eigenvalue weighted by Crippen LogP contribution is -2.07. The predicted molar refractivity (Wildman–Crippen MR) is 132 cm³/mol. The highest BCUT2D eigenvalue weighted by Gasteiger charge is 2.15. The molecule has 0 aliphatic rings. The van der Waals surface area contributed by atoms with Crippen LogP contribution in [0.1, 0.15) is 43.6 Å². The zero-order valence-electron chi connectivity index (χ0n) is 20.1. The first-order valence-corrected chi connectivity index (χ1v) is 11.1. The van der Waals surface area contributed by atoms with Gasteiger partial charge in [0.15, 0.2) is 0 Å². The van der Waals surface area contributed by atoms with E-state index in [1.165, 1.54) is 51.1 Å². The SMILES string of the molecule is CC(=O)Oc1ccc(C=CC(O)c2ccc(OCc3ccccc3)cc2OC(C)=O)c(OC(C)=O)c1. The van der Waals surface area contributed by atoms with Crippen LogP contribution in [0.2, 0.25) is 0 Å². The Bertz CT molecular complexity index is 1260. The van der Waals surface area contributed by atoms with Crippen LogP contribution in [0, 0.1) is 0 Å². The predicted octanol–water partition coefficient (Wildman–Crippen LogP) is 4.79. The van der Waals surface area contributed by atoms with Crippen LogP contribution in [-0.4, -0.2) is 23.0 Å². The lowest BCUT2D eigenvalue weighted by molar-refractivity contribution is -0.133. The summed E-state index contributed by atoms with van der Waals surface area (Å²) in [5, 5.41) is 10.8. The number of aliphatic hydroxyl groups excluding tert-OH is 1.